The molecule has 0 aromatic heterocycles. The predicted octanol–water partition coefficient (Wildman–Crippen LogP) is 1.93. The van der Waals surface area contributed by atoms with Crippen LogP contribution in [0, 0.1) is 5.82 Å². The van der Waals surface area contributed by atoms with E-state index >= 15 is 0 Å². The molecular weight excluding hydrogens is 403 g/mol. The molecule has 0 bridgehead atoms. The van der Waals surface area contributed by atoms with Crippen LogP contribution < -0.4 is 15.2 Å². The summed E-state index contributed by atoms with van der Waals surface area (Å²) in [7, 11) is -2.70. The van der Waals surface area contributed by atoms with E-state index in [4.69, 9.17) is 26.2 Å². The number of sulfonamides is 1. The Morgan fingerprint density at radius 1 is 1.22 bits per heavy atom. The van der Waals surface area contributed by atoms with Crippen molar-refractivity contribution in [1.29, 1.82) is 0 Å². The van der Waals surface area contributed by atoms with Crippen molar-refractivity contribution in [3.05, 3.63) is 52.8 Å². The molecule has 0 heterocycles. The quantitative estimate of drug-likeness (QED) is 0.693. The standard InChI is InChI=1S/C16H14ClFN2O6S/c1-25-14-5-2-9(6-12(14)17)20-15(21)8-26-16(22)11-7-10(27(19,23)24)3-4-13(11)18/h2-7H,8H2,1H3,(H,20,21)(H2,19,23,24). The van der Waals surface area contributed by atoms with Crippen LogP contribution in [0.15, 0.2) is 41.3 Å². The van der Waals surface area contributed by atoms with Crippen molar-refractivity contribution >= 4 is 39.2 Å². The number of amides is 1. The molecule has 0 fully saturated rings. The summed E-state index contributed by atoms with van der Waals surface area (Å²) in [5.74, 6) is -2.55. The van der Waals surface area contributed by atoms with E-state index in [0.29, 0.717) is 11.4 Å². The molecule has 11 heteroatoms. The van der Waals surface area contributed by atoms with Gasteiger partial charge in [0.1, 0.15) is 11.6 Å². The Balaban J connectivity index is 2.03. The zero-order valence-electron chi connectivity index (χ0n) is 13.9. The molecule has 0 saturated carbocycles. The Morgan fingerprint density at radius 3 is 2.52 bits per heavy atom. The van der Waals surface area contributed by atoms with E-state index in [1.54, 1.807) is 0 Å². The number of rotatable bonds is 6. The van der Waals surface area contributed by atoms with E-state index in [2.05, 4.69) is 5.32 Å². The number of hydrogen-bond donors (Lipinski definition) is 2. The van der Waals surface area contributed by atoms with Gasteiger partial charge in [-0.2, -0.15) is 0 Å². The lowest BCUT2D eigenvalue weighted by Gasteiger charge is -2.09. The van der Waals surface area contributed by atoms with E-state index in [0.717, 1.165) is 18.2 Å². The normalized spacial score (nSPS) is 11.0. The Labute approximate surface area is 159 Å². The average Bonchev–Trinajstić information content (AvgIpc) is 2.59. The molecule has 1 amide bonds. The van der Waals surface area contributed by atoms with Gasteiger partial charge in [0, 0.05) is 5.69 Å². The third-order valence-corrected chi connectivity index (χ3v) is 4.46. The maximum Gasteiger partial charge on any atom is 0.341 e. The van der Waals surface area contributed by atoms with Gasteiger partial charge >= 0.3 is 5.97 Å². The number of esters is 1. The number of primary sulfonamides is 1. The molecule has 0 unspecified atom stereocenters. The van der Waals surface area contributed by atoms with Gasteiger partial charge in [-0.25, -0.2) is 22.7 Å². The molecule has 0 radical (unpaired) electrons. The van der Waals surface area contributed by atoms with Crippen LogP contribution in [0.5, 0.6) is 5.75 Å². The SMILES string of the molecule is COc1ccc(NC(=O)COC(=O)c2cc(S(N)(=O)=O)ccc2F)cc1Cl. The number of benzene rings is 2. The van der Waals surface area contributed by atoms with Crippen LogP contribution in [-0.4, -0.2) is 34.0 Å². The Hall–Kier alpha value is -2.69. The highest BCUT2D eigenvalue weighted by molar-refractivity contribution is 7.89. The number of nitrogens with one attached hydrogen (secondary N) is 1. The Kier molecular flexibility index (Phi) is 6.37. The highest BCUT2D eigenvalue weighted by Crippen LogP contribution is 2.27. The van der Waals surface area contributed by atoms with Gasteiger partial charge in [-0.1, -0.05) is 11.6 Å². The van der Waals surface area contributed by atoms with Gasteiger partial charge in [0.25, 0.3) is 5.91 Å². The summed E-state index contributed by atoms with van der Waals surface area (Å²) in [5.41, 5.74) is -0.342. The second-order valence-electron chi connectivity index (χ2n) is 5.16. The lowest BCUT2D eigenvalue weighted by atomic mass is 10.2. The second-order valence-corrected chi connectivity index (χ2v) is 7.13. The number of carbonyl (C=O) groups excluding carboxylic acids is 2. The molecule has 0 aliphatic rings. The van der Waals surface area contributed by atoms with Gasteiger partial charge in [-0.3, -0.25) is 4.79 Å². The first kappa shape index (κ1) is 20.6. The molecule has 0 aliphatic heterocycles. The van der Waals surface area contributed by atoms with Crippen LogP contribution >= 0.6 is 11.6 Å². The van der Waals surface area contributed by atoms with Gasteiger partial charge in [0.2, 0.25) is 10.0 Å². The van der Waals surface area contributed by atoms with Crippen LogP contribution in [0.2, 0.25) is 5.02 Å². The molecule has 0 spiro atoms. The van der Waals surface area contributed by atoms with Crippen molar-refractivity contribution in [3.63, 3.8) is 0 Å². The monoisotopic (exact) mass is 416 g/mol. The number of methoxy groups -OCH3 is 1. The van der Waals surface area contributed by atoms with Crippen LogP contribution in [0.4, 0.5) is 10.1 Å². The lowest BCUT2D eigenvalue weighted by Crippen LogP contribution is -2.21. The predicted molar refractivity (Wildman–Crippen MR) is 94.7 cm³/mol. The summed E-state index contributed by atoms with van der Waals surface area (Å²) in [6.45, 7) is -0.735. The third kappa shape index (κ3) is 5.39. The molecule has 0 atom stereocenters. The fourth-order valence-electron chi connectivity index (χ4n) is 1.99. The maximum atomic E-state index is 13.7. The van der Waals surface area contributed by atoms with E-state index in [1.807, 2.05) is 0 Å². The first-order valence-electron chi connectivity index (χ1n) is 7.24. The van der Waals surface area contributed by atoms with Gasteiger partial charge in [0.15, 0.2) is 6.61 Å². The van der Waals surface area contributed by atoms with Gasteiger partial charge in [-0.15, -0.1) is 0 Å². The molecular formula is C16H14ClFN2O6S. The first-order valence-corrected chi connectivity index (χ1v) is 9.17. The number of ether oxygens (including phenoxy) is 2. The first-order chi connectivity index (χ1) is 12.6. The van der Waals surface area contributed by atoms with Crippen molar-refractivity contribution in [2.24, 2.45) is 5.14 Å². The highest BCUT2D eigenvalue weighted by Gasteiger charge is 2.19. The summed E-state index contributed by atoms with van der Waals surface area (Å²) in [4.78, 5) is 23.3. The number of nitrogens with two attached hydrogens (primary N) is 1. The van der Waals surface area contributed by atoms with E-state index < -0.39 is 44.8 Å². The van der Waals surface area contributed by atoms with E-state index in [1.165, 1.54) is 25.3 Å². The molecule has 144 valence electrons. The summed E-state index contributed by atoms with van der Waals surface area (Å²) < 4.78 is 46.0. The fourth-order valence-corrected chi connectivity index (χ4v) is 2.79. The molecule has 0 aliphatic carbocycles. The third-order valence-electron chi connectivity index (χ3n) is 3.26. The Morgan fingerprint density at radius 2 is 1.93 bits per heavy atom. The smallest absolute Gasteiger partial charge is 0.341 e. The van der Waals surface area contributed by atoms with Gasteiger partial charge in [0.05, 0.1) is 22.6 Å². The van der Waals surface area contributed by atoms with Crippen LogP contribution in [0.25, 0.3) is 0 Å². The zero-order valence-corrected chi connectivity index (χ0v) is 15.4. The molecule has 8 nitrogen and oxygen atoms in total. The highest BCUT2D eigenvalue weighted by atomic mass is 35.5. The van der Waals surface area contributed by atoms with Crippen molar-refractivity contribution in [1.82, 2.24) is 0 Å². The molecule has 2 aromatic carbocycles. The molecule has 0 saturated heterocycles. The van der Waals surface area contributed by atoms with Gasteiger partial charge in [-0.05, 0) is 36.4 Å². The van der Waals surface area contributed by atoms with Crippen molar-refractivity contribution in [2.75, 3.05) is 19.0 Å². The van der Waals surface area contributed by atoms with Crippen LogP contribution in [-0.2, 0) is 19.6 Å². The molecule has 3 N–H and O–H groups in total. The molecule has 2 rings (SSSR count). The number of halogens is 2. The largest absolute Gasteiger partial charge is 0.495 e. The zero-order chi connectivity index (χ0) is 20.2. The summed E-state index contributed by atoms with van der Waals surface area (Å²) in [6, 6.07) is 6.86. The number of carbonyl (C=O) groups is 2. The Bertz CT molecular complexity index is 996. The summed E-state index contributed by atoms with van der Waals surface area (Å²) in [6.07, 6.45) is 0. The minimum absolute atomic E-state index is 0.258. The minimum Gasteiger partial charge on any atom is -0.495 e. The fraction of sp³-hybridized carbons (Fsp3) is 0.125. The number of hydrogen-bond acceptors (Lipinski definition) is 6. The second kappa shape index (κ2) is 8.33. The van der Waals surface area contributed by atoms with E-state index in [-0.39, 0.29) is 5.02 Å². The van der Waals surface area contributed by atoms with Crippen molar-refractivity contribution < 1.29 is 31.9 Å². The lowest BCUT2D eigenvalue weighted by molar-refractivity contribution is -0.119. The topological polar surface area (TPSA) is 125 Å². The van der Waals surface area contributed by atoms with Crippen molar-refractivity contribution in [3.8, 4) is 5.75 Å². The number of anilines is 1. The van der Waals surface area contributed by atoms with Crippen LogP contribution in [0.3, 0.4) is 0 Å². The average molecular weight is 417 g/mol. The molecule has 27 heavy (non-hydrogen) atoms. The van der Waals surface area contributed by atoms with Crippen molar-refractivity contribution in [2.45, 2.75) is 4.90 Å². The summed E-state index contributed by atoms with van der Waals surface area (Å²) in [5, 5.41) is 7.61. The van der Waals surface area contributed by atoms with Gasteiger partial charge < -0.3 is 14.8 Å². The minimum atomic E-state index is -4.13. The molecule has 2 aromatic rings. The maximum absolute atomic E-state index is 13.7. The van der Waals surface area contributed by atoms with E-state index in [9.17, 15) is 22.4 Å². The van der Waals surface area contributed by atoms with Crippen LogP contribution in [0.1, 0.15) is 10.4 Å². The summed E-state index contributed by atoms with van der Waals surface area (Å²) >= 11 is 5.93.